The third kappa shape index (κ3) is 2.26. The van der Waals surface area contributed by atoms with Crippen molar-refractivity contribution >= 4 is 22.6 Å². The number of alkyl halides is 2. The molecule has 2 aromatic rings. The molecular weight excluding hydrogens is 290 g/mol. The van der Waals surface area contributed by atoms with Crippen LogP contribution < -0.4 is 10.4 Å². The minimum atomic E-state index is -2.98. The molecule has 1 heterocycles. The Labute approximate surface area is 118 Å². The normalized spacial score (nSPS) is 14.6. The lowest BCUT2D eigenvalue weighted by atomic mass is 9.91. The summed E-state index contributed by atoms with van der Waals surface area (Å²) >= 11 is 5.95. The first-order valence-electron chi connectivity index (χ1n) is 6.29. The summed E-state index contributed by atoms with van der Waals surface area (Å²) in [6.45, 7) is -2.98. The lowest BCUT2D eigenvalue weighted by molar-refractivity contribution is -0.0497. The summed E-state index contributed by atoms with van der Waals surface area (Å²) in [5.74, 6) is -0.187. The van der Waals surface area contributed by atoms with E-state index in [4.69, 9.17) is 16.0 Å². The van der Waals surface area contributed by atoms with Gasteiger partial charge in [0, 0.05) is 17.0 Å². The van der Waals surface area contributed by atoms with E-state index in [9.17, 15) is 13.6 Å². The van der Waals surface area contributed by atoms with Crippen molar-refractivity contribution in [3.05, 3.63) is 38.7 Å². The summed E-state index contributed by atoms with van der Waals surface area (Å²) in [5.41, 5.74) is 1.41. The van der Waals surface area contributed by atoms with Crippen LogP contribution in [-0.2, 0) is 12.8 Å². The Morgan fingerprint density at radius 2 is 1.90 bits per heavy atom. The zero-order chi connectivity index (χ0) is 14.3. The smallest absolute Gasteiger partial charge is 0.387 e. The van der Waals surface area contributed by atoms with Gasteiger partial charge < -0.3 is 9.15 Å². The van der Waals surface area contributed by atoms with Crippen molar-refractivity contribution in [1.82, 2.24) is 0 Å². The highest BCUT2D eigenvalue weighted by Crippen LogP contribution is 2.34. The fourth-order valence-electron chi connectivity index (χ4n) is 2.63. The summed E-state index contributed by atoms with van der Waals surface area (Å²) in [7, 11) is 0. The van der Waals surface area contributed by atoms with Crippen molar-refractivity contribution in [2.75, 3.05) is 0 Å². The van der Waals surface area contributed by atoms with Gasteiger partial charge in [0.1, 0.15) is 11.3 Å². The molecule has 0 fully saturated rings. The molecule has 0 bridgehead atoms. The zero-order valence-electron chi connectivity index (χ0n) is 10.4. The highest BCUT2D eigenvalue weighted by atomic mass is 35.5. The van der Waals surface area contributed by atoms with Gasteiger partial charge in [-0.15, -0.1) is 0 Å². The quantitative estimate of drug-likeness (QED) is 0.789. The van der Waals surface area contributed by atoms with Gasteiger partial charge in [0.15, 0.2) is 0 Å². The van der Waals surface area contributed by atoms with Crippen LogP contribution in [0.25, 0.3) is 11.0 Å². The zero-order valence-corrected chi connectivity index (χ0v) is 11.2. The highest BCUT2D eigenvalue weighted by molar-refractivity contribution is 6.32. The molecule has 0 N–H and O–H groups in total. The molecule has 1 aromatic carbocycles. The summed E-state index contributed by atoms with van der Waals surface area (Å²) < 4.78 is 34.1. The molecule has 0 unspecified atom stereocenters. The fourth-order valence-corrected chi connectivity index (χ4v) is 2.84. The van der Waals surface area contributed by atoms with Gasteiger partial charge >= 0.3 is 12.2 Å². The van der Waals surface area contributed by atoms with Gasteiger partial charge in [0.05, 0.1) is 5.02 Å². The average Bonchev–Trinajstić information content (AvgIpc) is 2.41. The van der Waals surface area contributed by atoms with Gasteiger partial charge in [-0.1, -0.05) is 11.6 Å². The summed E-state index contributed by atoms with van der Waals surface area (Å²) in [4.78, 5) is 11.9. The number of aryl methyl sites for hydroxylation is 1. The standard InChI is InChI=1S/C14H11ClF2O3/c15-10-5-9-7-3-1-2-4-8(7)13(18)19-11(9)6-12(10)20-14(16)17/h5-6,14H,1-4H2. The molecule has 3 nitrogen and oxygen atoms in total. The number of ether oxygens (including phenoxy) is 1. The Balaban J connectivity index is 2.24. The maximum absolute atomic E-state index is 12.3. The van der Waals surface area contributed by atoms with E-state index in [1.807, 2.05) is 0 Å². The van der Waals surface area contributed by atoms with Gasteiger partial charge in [0.25, 0.3) is 0 Å². The van der Waals surface area contributed by atoms with Crippen LogP contribution in [0.2, 0.25) is 5.02 Å². The third-order valence-corrected chi connectivity index (χ3v) is 3.79. The molecule has 0 spiro atoms. The Hall–Kier alpha value is -1.62. The topological polar surface area (TPSA) is 39.4 Å². The van der Waals surface area contributed by atoms with Gasteiger partial charge in [-0.25, -0.2) is 4.79 Å². The second kappa shape index (κ2) is 5.05. The maximum Gasteiger partial charge on any atom is 0.387 e. The van der Waals surface area contributed by atoms with Crippen molar-refractivity contribution < 1.29 is 17.9 Å². The van der Waals surface area contributed by atoms with Crippen molar-refractivity contribution in [3.8, 4) is 5.75 Å². The fraction of sp³-hybridized carbons (Fsp3) is 0.357. The molecule has 20 heavy (non-hydrogen) atoms. The van der Waals surface area contributed by atoms with E-state index < -0.39 is 12.2 Å². The van der Waals surface area contributed by atoms with E-state index in [1.165, 1.54) is 12.1 Å². The Morgan fingerprint density at radius 1 is 1.20 bits per heavy atom. The van der Waals surface area contributed by atoms with Gasteiger partial charge in [-0.2, -0.15) is 8.78 Å². The molecule has 0 aliphatic heterocycles. The van der Waals surface area contributed by atoms with E-state index in [0.29, 0.717) is 17.4 Å². The Morgan fingerprint density at radius 3 is 2.60 bits per heavy atom. The molecule has 1 aromatic heterocycles. The molecule has 0 radical (unpaired) electrons. The lowest BCUT2D eigenvalue weighted by Crippen LogP contribution is -2.15. The number of hydrogen-bond donors (Lipinski definition) is 0. The first kappa shape index (κ1) is 13.4. The molecule has 0 amide bonds. The molecule has 6 heteroatoms. The van der Waals surface area contributed by atoms with Crippen molar-refractivity contribution in [2.45, 2.75) is 32.3 Å². The molecular formula is C14H11ClF2O3. The monoisotopic (exact) mass is 300 g/mol. The lowest BCUT2D eigenvalue weighted by Gasteiger charge is -2.17. The molecule has 0 atom stereocenters. The molecule has 3 rings (SSSR count). The van der Waals surface area contributed by atoms with Crippen molar-refractivity contribution in [3.63, 3.8) is 0 Å². The SMILES string of the molecule is O=c1oc2cc(OC(F)F)c(Cl)cc2c2c1CCCC2. The number of halogens is 3. The number of benzene rings is 1. The summed E-state index contributed by atoms with van der Waals surface area (Å²) in [6.07, 6.45) is 3.38. The van der Waals surface area contributed by atoms with Gasteiger partial charge in [-0.3, -0.25) is 0 Å². The van der Waals surface area contributed by atoms with E-state index in [2.05, 4.69) is 4.74 Å². The third-order valence-electron chi connectivity index (χ3n) is 3.49. The second-order valence-corrected chi connectivity index (χ2v) is 5.12. The number of rotatable bonds is 2. The Kier molecular flexibility index (Phi) is 3.38. The van der Waals surface area contributed by atoms with Crippen molar-refractivity contribution in [1.29, 1.82) is 0 Å². The highest BCUT2D eigenvalue weighted by Gasteiger charge is 2.20. The van der Waals surface area contributed by atoms with Crippen LogP contribution >= 0.6 is 11.6 Å². The van der Waals surface area contributed by atoms with E-state index >= 15 is 0 Å². The predicted molar refractivity (Wildman–Crippen MR) is 70.8 cm³/mol. The molecule has 0 saturated carbocycles. The summed E-state index contributed by atoms with van der Waals surface area (Å²) in [5, 5.41) is 0.783. The first-order chi connectivity index (χ1) is 9.56. The molecule has 1 aliphatic carbocycles. The van der Waals surface area contributed by atoms with E-state index in [1.54, 1.807) is 0 Å². The van der Waals surface area contributed by atoms with E-state index in [-0.39, 0.29) is 16.4 Å². The Bertz CT molecular complexity index is 724. The van der Waals surface area contributed by atoms with Crippen LogP contribution in [0.3, 0.4) is 0 Å². The van der Waals surface area contributed by atoms with Crippen molar-refractivity contribution in [2.24, 2.45) is 0 Å². The van der Waals surface area contributed by atoms with Crippen LogP contribution in [0.5, 0.6) is 5.75 Å². The second-order valence-electron chi connectivity index (χ2n) is 4.71. The van der Waals surface area contributed by atoms with Crippen LogP contribution in [0, 0.1) is 0 Å². The van der Waals surface area contributed by atoms with Crippen LogP contribution in [0.4, 0.5) is 8.78 Å². The number of hydrogen-bond acceptors (Lipinski definition) is 3. The maximum atomic E-state index is 12.3. The van der Waals surface area contributed by atoms with Crippen LogP contribution in [-0.4, -0.2) is 6.61 Å². The molecule has 1 aliphatic rings. The van der Waals surface area contributed by atoms with Crippen LogP contribution in [0.15, 0.2) is 21.3 Å². The molecule has 106 valence electrons. The number of fused-ring (bicyclic) bond motifs is 3. The minimum absolute atomic E-state index is 0.0828. The largest absolute Gasteiger partial charge is 0.433 e. The predicted octanol–water partition coefficient (Wildman–Crippen LogP) is 3.93. The first-order valence-corrected chi connectivity index (χ1v) is 6.67. The molecule has 0 saturated heterocycles. The van der Waals surface area contributed by atoms with E-state index in [0.717, 1.165) is 24.8 Å². The average molecular weight is 301 g/mol. The minimum Gasteiger partial charge on any atom is -0.433 e. The van der Waals surface area contributed by atoms with Gasteiger partial charge in [0.2, 0.25) is 0 Å². The van der Waals surface area contributed by atoms with Gasteiger partial charge in [-0.05, 0) is 37.3 Å². The summed E-state index contributed by atoms with van der Waals surface area (Å²) in [6, 6.07) is 2.78. The van der Waals surface area contributed by atoms with Crippen LogP contribution in [0.1, 0.15) is 24.0 Å².